The lowest BCUT2D eigenvalue weighted by Gasteiger charge is -2.46. The van der Waals surface area contributed by atoms with Crippen molar-refractivity contribution in [1.29, 1.82) is 0 Å². The van der Waals surface area contributed by atoms with Gasteiger partial charge in [-0.25, -0.2) is 0 Å². The Morgan fingerprint density at radius 3 is 1.93 bits per heavy atom. The maximum absolute atomic E-state index is 13.1. The average Bonchev–Trinajstić information content (AvgIpc) is 2.60. The molecular formula is C21H26O6. The lowest BCUT2D eigenvalue weighted by molar-refractivity contribution is -0.253. The van der Waals surface area contributed by atoms with E-state index in [1.807, 2.05) is 26.0 Å². The van der Waals surface area contributed by atoms with Gasteiger partial charge < -0.3 is 18.9 Å². The second-order valence-electron chi connectivity index (χ2n) is 7.79. The summed E-state index contributed by atoms with van der Waals surface area (Å²) in [5.41, 5.74) is 1.54. The maximum Gasteiger partial charge on any atom is 0.327 e. The Kier molecular flexibility index (Phi) is 4.70. The monoisotopic (exact) mass is 374 g/mol. The van der Waals surface area contributed by atoms with Crippen LogP contribution >= 0.6 is 0 Å². The predicted molar refractivity (Wildman–Crippen MR) is 98.6 cm³/mol. The Bertz CT molecular complexity index is 778. The number of carbonyl (C=O) groups is 2. The van der Waals surface area contributed by atoms with E-state index in [2.05, 4.69) is 0 Å². The molecule has 27 heavy (non-hydrogen) atoms. The van der Waals surface area contributed by atoms with Gasteiger partial charge in [0.1, 0.15) is 11.5 Å². The van der Waals surface area contributed by atoms with Crippen LogP contribution in [-0.2, 0) is 19.1 Å². The van der Waals surface area contributed by atoms with Crippen molar-refractivity contribution >= 4 is 11.9 Å². The highest BCUT2D eigenvalue weighted by atomic mass is 16.7. The van der Waals surface area contributed by atoms with Gasteiger partial charge in [0.2, 0.25) is 0 Å². The van der Waals surface area contributed by atoms with Crippen molar-refractivity contribution in [3.8, 4) is 11.5 Å². The molecule has 1 heterocycles. The van der Waals surface area contributed by atoms with Crippen LogP contribution in [0.3, 0.4) is 0 Å². The minimum absolute atomic E-state index is 0.275. The zero-order chi connectivity index (χ0) is 20.0. The fraction of sp³-hybridized carbons (Fsp3) is 0.524. The number of ether oxygens (including phenoxy) is 4. The number of hydrogen-bond acceptors (Lipinski definition) is 6. The van der Waals surface area contributed by atoms with Crippen molar-refractivity contribution in [1.82, 2.24) is 0 Å². The largest absolute Gasteiger partial charge is 0.497 e. The van der Waals surface area contributed by atoms with Crippen molar-refractivity contribution in [2.24, 2.45) is 5.41 Å². The number of esters is 2. The number of cyclic esters (lactones) is 2. The van der Waals surface area contributed by atoms with E-state index >= 15 is 0 Å². The molecule has 0 radical (unpaired) electrons. The fourth-order valence-corrected chi connectivity index (χ4v) is 3.94. The standard InChI is InChI=1S/C21H26O6/c1-12-7-17(14-8-15(24-5)10-16(9-14)25-6)21(11-13(12)2)18(22)26-20(3,4)27-19(21)23/h8-10,17H,7,11H2,1-6H3. The van der Waals surface area contributed by atoms with Crippen molar-refractivity contribution in [2.45, 2.75) is 52.2 Å². The normalized spacial score (nSPS) is 23.7. The summed E-state index contributed by atoms with van der Waals surface area (Å²) < 4.78 is 21.8. The Hall–Kier alpha value is -2.50. The first-order chi connectivity index (χ1) is 12.6. The summed E-state index contributed by atoms with van der Waals surface area (Å²) in [4.78, 5) is 26.3. The number of methoxy groups -OCH3 is 2. The highest BCUT2D eigenvalue weighted by Crippen LogP contribution is 2.54. The maximum atomic E-state index is 13.1. The summed E-state index contributed by atoms with van der Waals surface area (Å²) in [6.45, 7) is 7.10. The van der Waals surface area contributed by atoms with Gasteiger partial charge in [0.05, 0.1) is 14.2 Å². The average molecular weight is 374 g/mol. The molecule has 0 aromatic heterocycles. The van der Waals surface area contributed by atoms with Gasteiger partial charge in [0, 0.05) is 25.8 Å². The Labute approximate surface area is 159 Å². The van der Waals surface area contributed by atoms with Crippen LogP contribution < -0.4 is 9.47 Å². The van der Waals surface area contributed by atoms with Gasteiger partial charge in [-0.15, -0.1) is 0 Å². The molecule has 0 N–H and O–H groups in total. The van der Waals surface area contributed by atoms with Crippen LogP contribution in [-0.4, -0.2) is 31.9 Å². The van der Waals surface area contributed by atoms with E-state index in [0.29, 0.717) is 17.9 Å². The van der Waals surface area contributed by atoms with E-state index in [1.165, 1.54) is 0 Å². The van der Waals surface area contributed by atoms with Crippen LogP contribution in [0, 0.1) is 5.41 Å². The zero-order valence-corrected chi connectivity index (χ0v) is 16.7. The molecule has 1 unspecified atom stereocenters. The highest BCUT2D eigenvalue weighted by Gasteiger charge is 2.62. The van der Waals surface area contributed by atoms with Crippen LogP contribution in [0.1, 0.15) is 52.0 Å². The minimum Gasteiger partial charge on any atom is -0.497 e. The molecule has 1 fully saturated rings. The number of carbonyl (C=O) groups excluding carboxylic acids is 2. The first-order valence-corrected chi connectivity index (χ1v) is 8.98. The number of rotatable bonds is 3. The van der Waals surface area contributed by atoms with Crippen molar-refractivity contribution in [3.05, 3.63) is 34.9 Å². The summed E-state index contributed by atoms with van der Waals surface area (Å²) in [6, 6.07) is 5.43. The summed E-state index contributed by atoms with van der Waals surface area (Å²) in [5, 5.41) is 0. The number of benzene rings is 1. The first kappa shape index (κ1) is 19.3. The fourth-order valence-electron chi connectivity index (χ4n) is 3.94. The predicted octanol–water partition coefficient (Wildman–Crippen LogP) is 3.74. The summed E-state index contributed by atoms with van der Waals surface area (Å²) >= 11 is 0. The molecule has 1 saturated heterocycles. The van der Waals surface area contributed by atoms with Gasteiger partial charge in [-0.2, -0.15) is 0 Å². The topological polar surface area (TPSA) is 71.1 Å². The second-order valence-corrected chi connectivity index (χ2v) is 7.79. The Morgan fingerprint density at radius 1 is 0.926 bits per heavy atom. The molecule has 1 aliphatic carbocycles. The third kappa shape index (κ3) is 3.17. The lowest BCUT2D eigenvalue weighted by Crippen LogP contribution is -2.57. The zero-order valence-electron chi connectivity index (χ0n) is 16.7. The van der Waals surface area contributed by atoms with Gasteiger partial charge >= 0.3 is 11.9 Å². The molecule has 1 atom stereocenters. The molecular weight excluding hydrogens is 348 g/mol. The molecule has 6 heteroatoms. The van der Waals surface area contributed by atoms with E-state index in [0.717, 1.165) is 16.7 Å². The molecule has 2 aliphatic rings. The number of allylic oxidation sites excluding steroid dienone is 2. The highest BCUT2D eigenvalue weighted by molar-refractivity contribution is 6.03. The van der Waals surface area contributed by atoms with E-state index in [4.69, 9.17) is 18.9 Å². The molecule has 6 nitrogen and oxygen atoms in total. The Balaban J connectivity index is 2.17. The van der Waals surface area contributed by atoms with Crippen LogP contribution in [0.5, 0.6) is 11.5 Å². The van der Waals surface area contributed by atoms with E-state index < -0.39 is 29.1 Å². The van der Waals surface area contributed by atoms with Gasteiger partial charge in [-0.3, -0.25) is 9.59 Å². The second kappa shape index (κ2) is 6.59. The molecule has 0 saturated carbocycles. The molecule has 1 aliphatic heterocycles. The minimum atomic E-state index is -1.41. The molecule has 3 rings (SSSR count). The quantitative estimate of drug-likeness (QED) is 0.456. The third-order valence-electron chi connectivity index (χ3n) is 5.56. The van der Waals surface area contributed by atoms with E-state index in [-0.39, 0.29) is 6.42 Å². The van der Waals surface area contributed by atoms with Crippen molar-refractivity contribution in [3.63, 3.8) is 0 Å². The van der Waals surface area contributed by atoms with Crippen LogP contribution in [0.25, 0.3) is 0 Å². The SMILES string of the molecule is COc1cc(OC)cc(C2CC(C)=C(C)CC23C(=O)OC(C)(C)OC3=O)c1. The van der Waals surface area contributed by atoms with Crippen molar-refractivity contribution in [2.75, 3.05) is 14.2 Å². The molecule has 1 aromatic rings. The Morgan fingerprint density at radius 2 is 1.44 bits per heavy atom. The molecule has 146 valence electrons. The summed E-state index contributed by atoms with van der Waals surface area (Å²) in [7, 11) is 3.13. The van der Waals surface area contributed by atoms with E-state index in [1.54, 1.807) is 34.1 Å². The summed E-state index contributed by atoms with van der Waals surface area (Å²) in [5.74, 6) is -1.58. The summed E-state index contributed by atoms with van der Waals surface area (Å²) in [6.07, 6.45) is 0.823. The lowest BCUT2D eigenvalue weighted by atomic mass is 9.62. The van der Waals surface area contributed by atoms with Crippen molar-refractivity contribution < 1.29 is 28.5 Å². The smallest absolute Gasteiger partial charge is 0.327 e. The first-order valence-electron chi connectivity index (χ1n) is 8.98. The number of hydrogen-bond donors (Lipinski definition) is 0. The van der Waals surface area contributed by atoms with Gasteiger partial charge in [-0.1, -0.05) is 11.1 Å². The van der Waals surface area contributed by atoms with Crippen LogP contribution in [0.15, 0.2) is 29.3 Å². The molecule has 0 amide bonds. The van der Waals surface area contributed by atoms with Crippen LogP contribution in [0.2, 0.25) is 0 Å². The van der Waals surface area contributed by atoms with Gasteiger partial charge in [0.15, 0.2) is 5.41 Å². The van der Waals surface area contributed by atoms with Crippen LogP contribution in [0.4, 0.5) is 0 Å². The van der Waals surface area contributed by atoms with Gasteiger partial charge in [0.25, 0.3) is 5.79 Å². The van der Waals surface area contributed by atoms with E-state index in [9.17, 15) is 9.59 Å². The molecule has 0 bridgehead atoms. The molecule has 1 spiro atoms. The van der Waals surface area contributed by atoms with Gasteiger partial charge in [-0.05, 0) is 44.4 Å². The molecule has 1 aromatic carbocycles. The third-order valence-corrected chi connectivity index (χ3v) is 5.56.